The molecule has 1 aliphatic heterocycles. The molecule has 3 rings (SSSR count). The first-order valence-electron chi connectivity index (χ1n) is 7.75. The maximum absolute atomic E-state index is 12.5. The topological polar surface area (TPSA) is 96.9 Å². The van der Waals surface area contributed by atoms with Gasteiger partial charge in [0.2, 0.25) is 5.91 Å². The summed E-state index contributed by atoms with van der Waals surface area (Å²) >= 11 is 3.38. The number of benzene rings is 1. The molecule has 0 radical (unpaired) electrons. The molecule has 1 amide bonds. The molecule has 25 heavy (non-hydrogen) atoms. The molecule has 0 saturated carbocycles. The summed E-state index contributed by atoms with van der Waals surface area (Å²) in [4.78, 5) is 37.1. The third-order valence-corrected chi connectivity index (χ3v) is 5.05. The summed E-state index contributed by atoms with van der Waals surface area (Å²) in [5, 5.41) is 11.9. The number of carbonyl (C=O) groups is 1. The van der Waals surface area contributed by atoms with Gasteiger partial charge in [0, 0.05) is 22.4 Å². The van der Waals surface area contributed by atoms with Gasteiger partial charge in [0.05, 0.1) is 0 Å². The van der Waals surface area contributed by atoms with E-state index in [2.05, 4.69) is 21.2 Å². The van der Waals surface area contributed by atoms with E-state index in [0.717, 1.165) is 14.6 Å². The Morgan fingerprint density at radius 3 is 2.84 bits per heavy atom. The molecule has 0 spiro atoms. The number of fused-ring (bicyclic) bond motifs is 1. The van der Waals surface area contributed by atoms with Gasteiger partial charge in [-0.1, -0.05) is 22.0 Å². The quantitative estimate of drug-likeness (QED) is 0.841. The van der Waals surface area contributed by atoms with Crippen LogP contribution >= 0.6 is 15.9 Å². The number of aromatic nitrogens is 2. The second-order valence-corrected chi connectivity index (χ2v) is 6.73. The zero-order valence-corrected chi connectivity index (χ0v) is 15.1. The van der Waals surface area contributed by atoms with Gasteiger partial charge in [-0.3, -0.25) is 14.2 Å². The van der Waals surface area contributed by atoms with Gasteiger partial charge in [0.25, 0.3) is 5.56 Å². The molecule has 8 heteroatoms. The van der Waals surface area contributed by atoms with Crippen LogP contribution in [0, 0.1) is 18.3 Å². The van der Waals surface area contributed by atoms with Crippen LogP contribution in [0.15, 0.2) is 32.3 Å². The van der Waals surface area contributed by atoms with E-state index in [1.165, 1.54) is 4.57 Å². The van der Waals surface area contributed by atoms with Crippen LogP contribution in [0.4, 0.5) is 5.69 Å². The third kappa shape index (κ3) is 3.15. The Bertz CT molecular complexity index is 1030. The van der Waals surface area contributed by atoms with Crippen LogP contribution in [-0.4, -0.2) is 15.0 Å². The van der Waals surface area contributed by atoms with Crippen molar-refractivity contribution >= 4 is 27.5 Å². The summed E-state index contributed by atoms with van der Waals surface area (Å²) in [6.45, 7) is 1.94. The molecule has 0 bridgehead atoms. The van der Waals surface area contributed by atoms with Crippen molar-refractivity contribution in [2.24, 2.45) is 0 Å². The Kier molecular flexibility index (Phi) is 4.59. The van der Waals surface area contributed by atoms with Crippen LogP contribution in [0.5, 0.6) is 0 Å². The Morgan fingerprint density at radius 1 is 1.40 bits per heavy atom. The highest BCUT2D eigenvalue weighted by Crippen LogP contribution is 2.20. The number of anilines is 1. The number of amides is 1. The lowest BCUT2D eigenvalue weighted by Gasteiger charge is -2.11. The van der Waals surface area contributed by atoms with E-state index >= 15 is 0 Å². The minimum absolute atomic E-state index is 0.0528. The fourth-order valence-electron chi connectivity index (χ4n) is 2.90. The van der Waals surface area contributed by atoms with Crippen molar-refractivity contribution < 1.29 is 4.79 Å². The fraction of sp³-hybridized carbons (Fsp3) is 0.294. The number of rotatable bonds is 3. The predicted octanol–water partition coefficient (Wildman–Crippen LogP) is 1.54. The fourth-order valence-corrected chi connectivity index (χ4v) is 3.28. The number of nitriles is 1. The monoisotopic (exact) mass is 402 g/mol. The van der Waals surface area contributed by atoms with E-state index in [1.807, 2.05) is 19.1 Å². The lowest BCUT2D eigenvalue weighted by Crippen LogP contribution is -2.44. The van der Waals surface area contributed by atoms with Gasteiger partial charge in [-0.25, -0.2) is 9.36 Å². The zero-order valence-electron chi connectivity index (χ0n) is 13.5. The largest absolute Gasteiger partial charge is 0.331 e. The number of nitrogens with zero attached hydrogens (tertiary/aromatic N) is 3. The van der Waals surface area contributed by atoms with E-state index < -0.39 is 23.7 Å². The average Bonchev–Trinajstić information content (AvgIpc) is 3.05. The average molecular weight is 403 g/mol. The first-order chi connectivity index (χ1) is 11.9. The maximum Gasteiger partial charge on any atom is 0.331 e. The summed E-state index contributed by atoms with van der Waals surface area (Å²) < 4.78 is 3.08. The van der Waals surface area contributed by atoms with Gasteiger partial charge in [0.15, 0.2) is 0 Å². The minimum Gasteiger partial charge on any atom is -0.324 e. The van der Waals surface area contributed by atoms with Crippen LogP contribution < -0.4 is 16.6 Å². The summed E-state index contributed by atoms with van der Waals surface area (Å²) in [5.74, 6) is -0.502. The first-order valence-corrected chi connectivity index (χ1v) is 8.54. The van der Waals surface area contributed by atoms with Gasteiger partial charge >= 0.3 is 5.69 Å². The van der Waals surface area contributed by atoms with Crippen molar-refractivity contribution in [3.05, 3.63) is 60.3 Å². The van der Waals surface area contributed by atoms with Crippen molar-refractivity contribution in [2.75, 3.05) is 5.32 Å². The van der Waals surface area contributed by atoms with Gasteiger partial charge in [0.1, 0.15) is 18.2 Å². The third-order valence-electron chi connectivity index (χ3n) is 4.20. The molecular formula is C17H15BrN4O3. The zero-order chi connectivity index (χ0) is 18.1. The molecule has 1 aromatic carbocycles. The molecule has 7 nitrogen and oxygen atoms in total. The van der Waals surface area contributed by atoms with Crippen molar-refractivity contribution in [1.82, 2.24) is 9.13 Å². The van der Waals surface area contributed by atoms with Crippen LogP contribution in [0.3, 0.4) is 0 Å². The number of aryl methyl sites for hydroxylation is 1. The summed E-state index contributed by atoms with van der Waals surface area (Å²) in [7, 11) is 0. The first kappa shape index (κ1) is 17.2. The molecule has 2 aromatic rings. The minimum atomic E-state index is -0.708. The second-order valence-electron chi connectivity index (χ2n) is 5.87. The van der Waals surface area contributed by atoms with Crippen molar-refractivity contribution in [1.29, 1.82) is 5.26 Å². The number of hydrogen-bond donors (Lipinski definition) is 1. The number of hydrogen-bond acceptors (Lipinski definition) is 4. The Balaban J connectivity index is 1.92. The van der Waals surface area contributed by atoms with Gasteiger partial charge < -0.3 is 5.32 Å². The smallest absolute Gasteiger partial charge is 0.324 e. The summed E-state index contributed by atoms with van der Waals surface area (Å²) in [6.07, 6.45) is 1.23. The van der Waals surface area contributed by atoms with Crippen molar-refractivity contribution in [2.45, 2.75) is 32.9 Å². The summed E-state index contributed by atoms with van der Waals surface area (Å²) in [5.41, 5.74) is 0.735. The second kappa shape index (κ2) is 6.69. The van der Waals surface area contributed by atoms with Crippen molar-refractivity contribution in [3.63, 3.8) is 0 Å². The maximum atomic E-state index is 12.5. The standard InChI is InChI=1S/C17H15BrN4O3/c1-10-4-5-11(7-13(10)18)20-15(23)9-22-16(24)12(8-19)14-3-2-6-21(14)17(22)25/h4-5,7H,2-3,6,9H2,1H3,(H,20,23). The van der Waals surface area contributed by atoms with E-state index in [1.54, 1.807) is 12.1 Å². The Labute approximate surface area is 151 Å². The molecule has 0 atom stereocenters. The van der Waals surface area contributed by atoms with Crippen LogP contribution in [0.1, 0.15) is 23.2 Å². The lowest BCUT2D eigenvalue weighted by molar-refractivity contribution is -0.116. The van der Waals surface area contributed by atoms with E-state index in [-0.39, 0.29) is 5.56 Å². The molecule has 0 saturated heterocycles. The Morgan fingerprint density at radius 2 is 2.16 bits per heavy atom. The van der Waals surface area contributed by atoms with Crippen LogP contribution in [0.25, 0.3) is 0 Å². The van der Waals surface area contributed by atoms with Crippen molar-refractivity contribution in [3.8, 4) is 6.07 Å². The predicted molar refractivity (Wildman–Crippen MR) is 95.5 cm³/mol. The van der Waals surface area contributed by atoms with Crippen LogP contribution in [0.2, 0.25) is 0 Å². The number of halogens is 1. The lowest BCUT2D eigenvalue weighted by atomic mass is 10.2. The van der Waals surface area contributed by atoms with Crippen LogP contribution in [-0.2, 0) is 24.3 Å². The molecular weight excluding hydrogens is 388 g/mol. The van der Waals surface area contributed by atoms with E-state index in [4.69, 9.17) is 0 Å². The highest BCUT2D eigenvalue weighted by atomic mass is 79.9. The number of nitrogens with one attached hydrogen (secondary N) is 1. The SMILES string of the molecule is Cc1ccc(NC(=O)Cn2c(=O)c(C#N)c3n(c2=O)CCC3)cc1Br. The summed E-state index contributed by atoms with van der Waals surface area (Å²) in [6, 6.07) is 7.18. The molecule has 2 heterocycles. The highest BCUT2D eigenvalue weighted by molar-refractivity contribution is 9.10. The number of carbonyl (C=O) groups excluding carboxylic acids is 1. The van der Waals surface area contributed by atoms with Gasteiger partial charge in [-0.2, -0.15) is 5.26 Å². The Hall–Kier alpha value is -2.66. The molecule has 128 valence electrons. The van der Waals surface area contributed by atoms with Gasteiger partial charge in [-0.05, 0) is 37.5 Å². The molecule has 0 unspecified atom stereocenters. The highest BCUT2D eigenvalue weighted by Gasteiger charge is 2.23. The molecule has 1 aromatic heterocycles. The van der Waals surface area contributed by atoms with E-state index in [9.17, 15) is 19.6 Å². The molecule has 1 aliphatic rings. The molecule has 0 aliphatic carbocycles. The van der Waals surface area contributed by atoms with E-state index in [0.29, 0.717) is 30.8 Å². The molecule has 1 N–H and O–H groups in total. The van der Waals surface area contributed by atoms with Gasteiger partial charge in [-0.15, -0.1) is 0 Å². The normalized spacial score (nSPS) is 12.5. The molecule has 0 fully saturated rings.